The summed E-state index contributed by atoms with van der Waals surface area (Å²) in [6.45, 7) is 5.77. The maximum absolute atomic E-state index is 13.0. The second kappa shape index (κ2) is 42.1. The van der Waals surface area contributed by atoms with Gasteiger partial charge in [0.2, 0.25) is 0 Å². The molecule has 3 N–H and O–H groups in total. The lowest BCUT2D eigenvalue weighted by Crippen LogP contribution is -2.61. The number of aliphatic carboxylic acids is 1. The SMILES string of the molecule is CC/C=C\C/C=C\C/C=C\CCCCCCCC(=O)OC1C(OCC(COC(=O)CCCCCCC/C=C\CCCC)OC(=O)CCCCCCCCCCC)OC(C(=O)O)C(O)C1O. The number of allylic oxidation sites excluding steroid dienone is 8. The van der Waals surface area contributed by atoms with Crippen molar-refractivity contribution in [2.75, 3.05) is 13.2 Å². The molecule has 0 spiro atoms. The summed E-state index contributed by atoms with van der Waals surface area (Å²) in [4.78, 5) is 50.7. The molecule has 12 nitrogen and oxygen atoms in total. The van der Waals surface area contributed by atoms with Crippen LogP contribution in [-0.2, 0) is 42.9 Å². The molecule has 1 heterocycles. The lowest BCUT2D eigenvalue weighted by Gasteiger charge is -2.40. The summed E-state index contributed by atoms with van der Waals surface area (Å²) in [7, 11) is 0. The third-order valence-corrected chi connectivity index (χ3v) is 11.4. The second-order valence-electron chi connectivity index (χ2n) is 17.4. The summed E-state index contributed by atoms with van der Waals surface area (Å²) < 4.78 is 28.2. The number of carboxylic acid groups (broad SMARTS) is 1. The molecule has 0 aromatic carbocycles. The van der Waals surface area contributed by atoms with Crippen LogP contribution in [0.15, 0.2) is 48.6 Å². The third kappa shape index (κ3) is 32.9. The number of rotatable bonds is 42. The Morgan fingerprint density at radius 2 is 0.985 bits per heavy atom. The molecule has 0 aliphatic carbocycles. The lowest BCUT2D eigenvalue weighted by molar-refractivity contribution is -0.301. The average molecular weight is 919 g/mol. The minimum absolute atomic E-state index is 0.0413. The fourth-order valence-corrected chi connectivity index (χ4v) is 7.42. The molecule has 1 saturated heterocycles. The zero-order valence-corrected chi connectivity index (χ0v) is 40.7. The van der Waals surface area contributed by atoms with E-state index in [0.717, 1.165) is 109 Å². The Morgan fingerprint density at radius 3 is 1.54 bits per heavy atom. The highest BCUT2D eigenvalue weighted by Gasteiger charge is 2.50. The molecule has 0 aromatic rings. The fourth-order valence-electron chi connectivity index (χ4n) is 7.42. The second-order valence-corrected chi connectivity index (χ2v) is 17.4. The number of hydrogen-bond donors (Lipinski definition) is 3. The predicted molar refractivity (Wildman–Crippen MR) is 257 cm³/mol. The minimum atomic E-state index is -1.91. The van der Waals surface area contributed by atoms with E-state index < -0.39 is 67.3 Å². The van der Waals surface area contributed by atoms with Gasteiger partial charge in [-0.25, -0.2) is 4.79 Å². The summed E-state index contributed by atoms with van der Waals surface area (Å²) in [6.07, 6.45) is 35.4. The highest BCUT2D eigenvalue weighted by Crippen LogP contribution is 2.26. The summed E-state index contributed by atoms with van der Waals surface area (Å²) >= 11 is 0. The van der Waals surface area contributed by atoms with Gasteiger partial charge < -0.3 is 39.0 Å². The van der Waals surface area contributed by atoms with Gasteiger partial charge in [-0.3, -0.25) is 14.4 Å². The van der Waals surface area contributed by atoms with E-state index >= 15 is 0 Å². The van der Waals surface area contributed by atoms with Crippen molar-refractivity contribution in [1.29, 1.82) is 0 Å². The smallest absolute Gasteiger partial charge is 0.335 e. The molecular formula is C53H90O12. The zero-order chi connectivity index (χ0) is 47.6. The van der Waals surface area contributed by atoms with Gasteiger partial charge in [0, 0.05) is 19.3 Å². The first-order chi connectivity index (χ1) is 31.6. The van der Waals surface area contributed by atoms with Crippen molar-refractivity contribution < 1.29 is 58.2 Å². The van der Waals surface area contributed by atoms with Crippen molar-refractivity contribution in [2.24, 2.45) is 0 Å². The Morgan fingerprint density at radius 1 is 0.523 bits per heavy atom. The van der Waals surface area contributed by atoms with Gasteiger partial charge in [0.25, 0.3) is 0 Å². The molecule has 1 rings (SSSR count). The van der Waals surface area contributed by atoms with Crippen molar-refractivity contribution in [3.05, 3.63) is 48.6 Å². The molecule has 0 aromatic heterocycles. The van der Waals surface area contributed by atoms with E-state index in [4.69, 9.17) is 23.7 Å². The van der Waals surface area contributed by atoms with E-state index in [1.54, 1.807) is 0 Å². The predicted octanol–water partition coefficient (Wildman–Crippen LogP) is 11.9. The van der Waals surface area contributed by atoms with Crippen LogP contribution in [0.2, 0.25) is 0 Å². The maximum atomic E-state index is 13.0. The van der Waals surface area contributed by atoms with Crippen LogP contribution < -0.4 is 0 Å². The topological polar surface area (TPSA) is 175 Å². The van der Waals surface area contributed by atoms with Crippen LogP contribution in [-0.4, -0.2) is 89.2 Å². The summed E-state index contributed by atoms with van der Waals surface area (Å²) in [6, 6.07) is 0. The van der Waals surface area contributed by atoms with Gasteiger partial charge in [0.1, 0.15) is 18.8 Å². The molecule has 0 saturated carbocycles. The Hall–Kier alpha value is -3.32. The van der Waals surface area contributed by atoms with Gasteiger partial charge in [-0.1, -0.05) is 172 Å². The van der Waals surface area contributed by atoms with Gasteiger partial charge >= 0.3 is 23.9 Å². The largest absolute Gasteiger partial charge is 0.479 e. The van der Waals surface area contributed by atoms with Crippen LogP contribution in [0.3, 0.4) is 0 Å². The monoisotopic (exact) mass is 919 g/mol. The summed E-state index contributed by atoms with van der Waals surface area (Å²) in [5, 5.41) is 31.3. The summed E-state index contributed by atoms with van der Waals surface area (Å²) in [5.74, 6) is -3.15. The van der Waals surface area contributed by atoms with E-state index in [9.17, 15) is 34.5 Å². The molecule has 1 aliphatic heterocycles. The number of unbranched alkanes of at least 4 members (excludes halogenated alkanes) is 20. The number of carboxylic acids is 1. The number of carbonyl (C=O) groups is 4. The van der Waals surface area contributed by atoms with E-state index in [2.05, 4.69) is 69.4 Å². The van der Waals surface area contributed by atoms with Gasteiger partial charge in [-0.2, -0.15) is 0 Å². The standard InChI is InChI=1S/C53H90O12/c1-4-7-10-13-16-19-21-22-23-24-26-29-32-35-38-41-47(56)64-51-49(58)48(57)50(52(59)60)65-53(51)62-43-44(63-46(55)40-37-34-31-27-18-15-12-9-6-3)42-61-45(54)39-36-33-30-28-25-20-17-14-11-8-5-2/h7,10,14,16-17,19,22-23,44,48-51,53,57-58H,4-6,8-9,11-13,15,18,20-21,24-43H2,1-3H3,(H,59,60)/b10-7-,17-14-,19-16-,23-22-. The zero-order valence-electron chi connectivity index (χ0n) is 40.7. The van der Waals surface area contributed by atoms with E-state index in [1.807, 2.05) is 0 Å². The molecule has 374 valence electrons. The highest BCUT2D eigenvalue weighted by molar-refractivity contribution is 5.74. The molecular weight excluding hydrogens is 829 g/mol. The van der Waals surface area contributed by atoms with Gasteiger partial charge in [-0.15, -0.1) is 0 Å². The maximum Gasteiger partial charge on any atom is 0.335 e. The number of hydrogen-bond acceptors (Lipinski definition) is 11. The van der Waals surface area contributed by atoms with Crippen LogP contribution in [0, 0.1) is 0 Å². The molecule has 0 bridgehead atoms. The number of ether oxygens (including phenoxy) is 5. The molecule has 0 radical (unpaired) electrons. The first kappa shape index (κ1) is 59.7. The normalized spacial score (nSPS) is 19.4. The molecule has 6 atom stereocenters. The van der Waals surface area contributed by atoms with E-state index in [0.29, 0.717) is 19.3 Å². The Bertz CT molecular complexity index is 1330. The first-order valence-corrected chi connectivity index (χ1v) is 25.6. The van der Waals surface area contributed by atoms with Crippen molar-refractivity contribution in [1.82, 2.24) is 0 Å². The average Bonchev–Trinajstić information content (AvgIpc) is 3.29. The van der Waals surface area contributed by atoms with Crippen LogP contribution in [0.1, 0.15) is 213 Å². The van der Waals surface area contributed by atoms with Crippen molar-refractivity contribution in [3.8, 4) is 0 Å². The van der Waals surface area contributed by atoms with Crippen molar-refractivity contribution in [3.63, 3.8) is 0 Å². The highest BCUT2D eigenvalue weighted by atomic mass is 16.7. The van der Waals surface area contributed by atoms with Gasteiger partial charge in [0.15, 0.2) is 24.6 Å². The molecule has 6 unspecified atom stereocenters. The lowest BCUT2D eigenvalue weighted by atomic mass is 9.98. The number of aliphatic hydroxyl groups excluding tert-OH is 2. The molecule has 12 heteroatoms. The fraction of sp³-hybridized carbons (Fsp3) is 0.774. The summed E-state index contributed by atoms with van der Waals surface area (Å²) in [5.41, 5.74) is 0. The third-order valence-electron chi connectivity index (χ3n) is 11.4. The Labute approximate surface area is 393 Å². The van der Waals surface area contributed by atoms with Crippen molar-refractivity contribution in [2.45, 2.75) is 250 Å². The Kier molecular flexibility index (Phi) is 38.6. The first-order valence-electron chi connectivity index (χ1n) is 25.6. The van der Waals surface area contributed by atoms with E-state index in [1.165, 1.54) is 44.9 Å². The molecule has 1 fully saturated rings. The quantitative estimate of drug-likeness (QED) is 0.0229. The van der Waals surface area contributed by atoms with Crippen LogP contribution in [0.5, 0.6) is 0 Å². The minimum Gasteiger partial charge on any atom is -0.479 e. The number of carbonyl (C=O) groups excluding carboxylic acids is 3. The van der Waals surface area contributed by atoms with Gasteiger partial charge in [0.05, 0.1) is 6.61 Å². The van der Waals surface area contributed by atoms with E-state index in [-0.39, 0.29) is 25.9 Å². The number of esters is 3. The van der Waals surface area contributed by atoms with Crippen LogP contribution in [0.25, 0.3) is 0 Å². The molecule has 1 aliphatic rings. The molecule has 0 amide bonds. The number of aliphatic hydroxyl groups is 2. The van der Waals surface area contributed by atoms with Crippen molar-refractivity contribution >= 4 is 23.9 Å². The van der Waals surface area contributed by atoms with Crippen LogP contribution >= 0.6 is 0 Å². The Balaban J connectivity index is 2.73. The van der Waals surface area contributed by atoms with Crippen LogP contribution in [0.4, 0.5) is 0 Å². The van der Waals surface area contributed by atoms with Gasteiger partial charge in [-0.05, 0) is 70.6 Å². The molecule has 65 heavy (non-hydrogen) atoms.